The van der Waals surface area contributed by atoms with E-state index in [1.807, 2.05) is 0 Å². The van der Waals surface area contributed by atoms with Crippen LogP contribution in [0.5, 0.6) is 0 Å². The van der Waals surface area contributed by atoms with Gasteiger partial charge in [-0.1, -0.05) is 12.8 Å². The number of unbranched alkanes of at least 4 members (excludes halogenated alkanes) is 3. The van der Waals surface area contributed by atoms with Crippen LogP contribution in [0.2, 0.25) is 0 Å². The minimum absolute atomic E-state index is 0.00109. The lowest BCUT2D eigenvalue weighted by atomic mass is 10.1. The molecule has 1 unspecified atom stereocenters. The number of hydrogen-bond donors (Lipinski definition) is 3. The Morgan fingerprint density at radius 2 is 1.76 bits per heavy atom. The summed E-state index contributed by atoms with van der Waals surface area (Å²) in [5, 5.41) is 28.4. The Labute approximate surface area is 120 Å². The standard InChI is InChI=1S/C11H18N2O8/c14-9(12-8(11(17)18)7-10(15)16)5-3-1-2-4-6-21-13(19)20/h8H,1-7H2,(H,12,14)(H,15,16)(H,17,18). The Hall–Kier alpha value is -2.39. The van der Waals surface area contributed by atoms with Crippen molar-refractivity contribution in [2.24, 2.45) is 0 Å². The molecule has 0 saturated heterocycles. The molecule has 0 rings (SSSR count). The molecule has 0 spiro atoms. The van der Waals surface area contributed by atoms with Crippen LogP contribution in [0.4, 0.5) is 0 Å². The molecule has 120 valence electrons. The van der Waals surface area contributed by atoms with Crippen molar-refractivity contribution in [1.82, 2.24) is 5.32 Å². The van der Waals surface area contributed by atoms with Crippen LogP contribution in [0, 0.1) is 10.1 Å². The molecule has 0 bridgehead atoms. The average molecular weight is 306 g/mol. The maximum atomic E-state index is 11.4. The molecule has 0 aromatic carbocycles. The van der Waals surface area contributed by atoms with Gasteiger partial charge in [-0.2, -0.15) is 0 Å². The molecule has 0 aliphatic heterocycles. The van der Waals surface area contributed by atoms with Crippen LogP contribution in [0.25, 0.3) is 0 Å². The summed E-state index contributed by atoms with van der Waals surface area (Å²) < 4.78 is 0. The van der Waals surface area contributed by atoms with Crippen molar-refractivity contribution in [2.75, 3.05) is 6.61 Å². The van der Waals surface area contributed by atoms with Crippen molar-refractivity contribution in [3.63, 3.8) is 0 Å². The van der Waals surface area contributed by atoms with E-state index >= 15 is 0 Å². The summed E-state index contributed by atoms with van der Waals surface area (Å²) in [6.45, 7) is -0.00109. The van der Waals surface area contributed by atoms with Crippen LogP contribution in [0.15, 0.2) is 0 Å². The maximum absolute atomic E-state index is 11.4. The molecule has 0 aliphatic rings. The van der Waals surface area contributed by atoms with Crippen LogP contribution < -0.4 is 5.32 Å². The molecule has 0 radical (unpaired) electrons. The second-order valence-corrected chi connectivity index (χ2v) is 4.28. The zero-order valence-corrected chi connectivity index (χ0v) is 11.3. The number of carboxylic acids is 2. The molecule has 0 heterocycles. The Morgan fingerprint density at radius 3 is 2.29 bits per heavy atom. The third-order valence-corrected chi connectivity index (χ3v) is 2.51. The van der Waals surface area contributed by atoms with Gasteiger partial charge in [-0.05, 0) is 12.8 Å². The summed E-state index contributed by atoms with van der Waals surface area (Å²) in [6.07, 6.45) is 1.62. The fourth-order valence-corrected chi connectivity index (χ4v) is 1.52. The molecule has 0 aromatic rings. The highest BCUT2D eigenvalue weighted by Gasteiger charge is 2.22. The number of carbonyl (C=O) groups excluding carboxylic acids is 1. The van der Waals surface area contributed by atoms with Crippen molar-refractivity contribution in [2.45, 2.75) is 44.6 Å². The first kappa shape index (κ1) is 18.6. The number of nitrogens with one attached hydrogen (secondary N) is 1. The van der Waals surface area contributed by atoms with E-state index in [2.05, 4.69) is 10.2 Å². The molecule has 1 amide bonds. The maximum Gasteiger partial charge on any atom is 0.326 e. The number of rotatable bonds is 12. The number of carboxylic acid groups (broad SMARTS) is 2. The molecule has 21 heavy (non-hydrogen) atoms. The molecule has 10 nitrogen and oxygen atoms in total. The van der Waals surface area contributed by atoms with Crippen molar-refractivity contribution in [3.05, 3.63) is 10.1 Å². The topological polar surface area (TPSA) is 156 Å². The number of nitrogens with zero attached hydrogens (tertiary/aromatic N) is 1. The van der Waals surface area contributed by atoms with Crippen LogP contribution in [0.1, 0.15) is 38.5 Å². The summed E-state index contributed by atoms with van der Waals surface area (Å²) in [5.74, 6) is -3.25. The fraction of sp³-hybridized carbons (Fsp3) is 0.727. The Morgan fingerprint density at radius 1 is 1.14 bits per heavy atom. The van der Waals surface area contributed by atoms with Gasteiger partial charge in [0.15, 0.2) is 0 Å². The van der Waals surface area contributed by atoms with Crippen molar-refractivity contribution in [1.29, 1.82) is 0 Å². The highest BCUT2D eigenvalue weighted by Crippen LogP contribution is 2.04. The lowest BCUT2D eigenvalue weighted by molar-refractivity contribution is -0.757. The normalized spacial score (nSPS) is 11.4. The van der Waals surface area contributed by atoms with Gasteiger partial charge in [0.05, 0.1) is 13.0 Å². The first-order chi connectivity index (χ1) is 9.82. The molecule has 10 heteroatoms. The zero-order chi connectivity index (χ0) is 16.3. The summed E-state index contributed by atoms with van der Waals surface area (Å²) >= 11 is 0. The van der Waals surface area contributed by atoms with E-state index in [1.165, 1.54) is 0 Å². The Bertz CT molecular complexity index is 384. The van der Waals surface area contributed by atoms with E-state index in [0.717, 1.165) is 0 Å². The Kier molecular flexibility index (Phi) is 9.22. The lowest BCUT2D eigenvalue weighted by Crippen LogP contribution is -2.42. The highest BCUT2D eigenvalue weighted by molar-refractivity contribution is 5.86. The van der Waals surface area contributed by atoms with E-state index in [0.29, 0.717) is 25.7 Å². The molecule has 1 atom stereocenters. The van der Waals surface area contributed by atoms with Gasteiger partial charge < -0.3 is 20.4 Å². The summed E-state index contributed by atoms with van der Waals surface area (Å²) in [5.41, 5.74) is 0. The van der Waals surface area contributed by atoms with Crippen molar-refractivity contribution < 1.29 is 34.5 Å². The smallest absolute Gasteiger partial charge is 0.326 e. The molecule has 0 saturated carbocycles. The highest BCUT2D eigenvalue weighted by atomic mass is 16.9. The van der Waals surface area contributed by atoms with Gasteiger partial charge in [-0.3, -0.25) is 9.59 Å². The number of hydrogen-bond acceptors (Lipinski definition) is 6. The van der Waals surface area contributed by atoms with Crippen LogP contribution in [0.3, 0.4) is 0 Å². The van der Waals surface area contributed by atoms with Gasteiger partial charge >= 0.3 is 11.9 Å². The second-order valence-electron chi connectivity index (χ2n) is 4.28. The van der Waals surface area contributed by atoms with Crippen LogP contribution in [-0.2, 0) is 19.2 Å². The average Bonchev–Trinajstić information content (AvgIpc) is 2.35. The van der Waals surface area contributed by atoms with Gasteiger partial charge in [0, 0.05) is 6.42 Å². The zero-order valence-electron chi connectivity index (χ0n) is 11.3. The monoisotopic (exact) mass is 306 g/mol. The minimum Gasteiger partial charge on any atom is -0.481 e. The second kappa shape index (κ2) is 10.4. The first-order valence-electron chi connectivity index (χ1n) is 6.34. The molecule has 0 fully saturated rings. The predicted octanol–water partition coefficient (Wildman–Crippen LogP) is 0.189. The molecular weight excluding hydrogens is 288 g/mol. The van der Waals surface area contributed by atoms with Gasteiger partial charge in [0.1, 0.15) is 6.04 Å². The summed E-state index contributed by atoms with van der Waals surface area (Å²) in [6, 6.07) is -1.44. The van der Waals surface area contributed by atoms with Gasteiger partial charge in [0.25, 0.3) is 5.09 Å². The van der Waals surface area contributed by atoms with E-state index in [4.69, 9.17) is 10.2 Å². The van der Waals surface area contributed by atoms with Crippen LogP contribution >= 0.6 is 0 Å². The van der Waals surface area contributed by atoms with E-state index in [1.54, 1.807) is 0 Å². The minimum atomic E-state index is -1.44. The van der Waals surface area contributed by atoms with Crippen molar-refractivity contribution in [3.8, 4) is 0 Å². The van der Waals surface area contributed by atoms with E-state index < -0.39 is 35.4 Å². The fourth-order valence-electron chi connectivity index (χ4n) is 1.52. The number of aliphatic carboxylic acids is 2. The predicted molar refractivity (Wildman–Crippen MR) is 67.9 cm³/mol. The Balaban J connectivity index is 3.76. The first-order valence-corrected chi connectivity index (χ1v) is 6.34. The molecule has 0 aliphatic carbocycles. The van der Waals surface area contributed by atoms with Crippen LogP contribution in [-0.4, -0.2) is 45.8 Å². The molecule has 0 aromatic heterocycles. The third-order valence-electron chi connectivity index (χ3n) is 2.51. The van der Waals surface area contributed by atoms with E-state index in [9.17, 15) is 24.5 Å². The van der Waals surface area contributed by atoms with Gasteiger partial charge in [-0.25, -0.2) is 4.79 Å². The lowest BCUT2D eigenvalue weighted by Gasteiger charge is -2.12. The van der Waals surface area contributed by atoms with Gasteiger partial charge in [-0.15, -0.1) is 10.1 Å². The summed E-state index contributed by atoms with van der Waals surface area (Å²) in [7, 11) is 0. The summed E-state index contributed by atoms with van der Waals surface area (Å²) in [4.78, 5) is 46.6. The largest absolute Gasteiger partial charge is 0.481 e. The quantitative estimate of drug-likeness (QED) is 0.262. The third kappa shape index (κ3) is 11.2. The molecule has 3 N–H and O–H groups in total. The SMILES string of the molecule is O=C(O)CC(NC(=O)CCCCCCO[N+](=O)[O-])C(=O)O. The van der Waals surface area contributed by atoms with Crippen molar-refractivity contribution >= 4 is 17.8 Å². The number of carbonyl (C=O) groups is 3. The number of amides is 1. The van der Waals surface area contributed by atoms with E-state index in [-0.39, 0.29) is 13.0 Å². The molecular formula is C11H18N2O8. The van der Waals surface area contributed by atoms with Gasteiger partial charge in [0.2, 0.25) is 5.91 Å².